The lowest BCUT2D eigenvalue weighted by Gasteiger charge is -2.25. The summed E-state index contributed by atoms with van der Waals surface area (Å²) in [6.45, 7) is 0.838. The number of anilines is 1. The molecule has 5 nitrogen and oxygen atoms in total. The van der Waals surface area contributed by atoms with Gasteiger partial charge in [-0.3, -0.25) is 0 Å². The summed E-state index contributed by atoms with van der Waals surface area (Å²) < 4.78 is 0. The van der Waals surface area contributed by atoms with Gasteiger partial charge in [0.1, 0.15) is 0 Å². The maximum Gasteiger partial charge on any atom is 0.339 e. The van der Waals surface area contributed by atoms with Crippen LogP contribution in [0.2, 0.25) is 5.02 Å². The molecule has 0 amide bonds. The van der Waals surface area contributed by atoms with Gasteiger partial charge in [-0.25, -0.2) is 14.8 Å². The fourth-order valence-electron chi connectivity index (χ4n) is 3.69. The molecule has 1 aromatic heterocycles. The molecule has 1 aliphatic heterocycles. The number of carboxylic acids is 1. The third kappa shape index (κ3) is 3.85. The molecule has 1 atom stereocenters. The summed E-state index contributed by atoms with van der Waals surface area (Å²) in [5.74, 6) is -0.429. The van der Waals surface area contributed by atoms with Crippen molar-refractivity contribution in [1.29, 1.82) is 0 Å². The van der Waals surface area contributed by atoms with Crippen LogP contribution in [0.1, 0.15) is 46.1 Å². The number of carbonyl (C=O) groups is 1. The number of benzene rings is 2. The Hall–Kier alpha value is -2.92. The molecule has 1 N–H and O–H groups in total. The molecule has 0 aliphatic carbocycles. The highest BCUT2D eigenvalue weighted by Gasteiger charge is 2.29. The van der Waals surface area contributed by atoms with Gasteiger partial charge in [-0.15, -0.1) is 0 Å². The van der Waals surface area contributed by atoms with Crippen LogP contribution >= 0.6 is 11.6 Å². The van der Waals surface area contributed by atoms with Crippen molar-refractivity contribution in [2.24, 2.45) is 0 Å². The van der Waals surface area contributed by atoms with Crippen molar-refractivity contribution in [1.82, 2.24) is 9.97 Å². The number of rotatable bonds is 5. The van der Waals surface area contributed by atoms with Crippen molar-refractivity contribution in [3.05, 3.63) is 88.2 Å². The third-order valence-electron chi connectivity index (χ3n) is 5.06. The van der Waals surface area contributed by atoms with Gasteiger partial charge < -0.3 is 10.0 Å². The SMILES string of the molecule is O=C(O)c1cnc(N2CCC[C@H]2c2ccc(Cl)cc2)nc1Cc1ccccc1. The molecule has 0 unspecified atom stereocenters. The molecule has 6 heteroatoms. The number of carboxylic acid groups (broad SMARTS) is 1. The molecule has 0 radical (unpaired) electrons. The van der Waals surface area contributed by atoms with Crippen molar-refractivity contribution < 1.29 is 9.90 Å². The van der Waals surface area contributed by atoms with Gasteiger partial charge in [-0.05, 0) is 36.1 Å². The van der Waals surface area contributed by atoms with Crippen molar-refractivity contribution in [2.75, 3.05) is 11.4 Å². The molecule has 1 aliphatic rings. The zero-order valence-electron chi connectivity index (χ0n) is 15.3. The van der Waals surface area contributed by atoms with E-state index in [0.29, 0.717) is 23.1 Å². The van der Waals surface area contributed by atoms with Gasteiger partial charge in [0.15, 0.2) is 0 Å². The van der Waals surface area contributed by atoms with E-state index >= 15 is 0 Å². The van der Waals surface area contributed by atoms with Crippen LogP contribution in [-0.4, -0.2) is 27.6 Å². The van der Waals surface area contributed by atoms with E-state index in [9.17, 15) is 9.90 Å². The molecule has 2 heterocycles. The first kappa shape index (κ1) is 18.4. The summed E-state index contributed by atoms with van der Waals surface area (Å²) >= 11 is 6.02. The molecule has 28 heavy (non-hydrogen) atoms. The first-order valence-electron chi connectivity index (χ1n) is 9.27. The van der Waals surface area contributed by atoms with E-state index in [-0.39, 0.29) is 11.6 Å². The van der Waals surface area contributed by atoms with Crippen molar-refractivity contribution in [3.8, 4) is 0 Å². The number of aromatic carboxylic acids is 1. The van der Waals surface area contributed by atoms with Crippen LogP contribution in [-0.2, 0) is 6.42 Å². The zero-order valence-corrected chi connectivity index (χ0v) is 16.0. The van der Waals surface area contributed by atoms with E-state index in [2.05, 4.69) is 14.9 Å². The van der Waals surface area contributed by atoms with Gasteiger partial charge in [0.25, 0.3) is 0 Å². The second kappa shape index (κ2) is 7.98. The van der Waals surface area contributed by atoms with E-state index in [1.807, 2.05) is 54.6 Å². The van der Waals surface area contributed by atoms with Crippen LogP contribution in [0, 0.1) is 0 Å². The second-order valence-corrected chi connectivity index (χ2v) is 7.34. The molecule has 1 saturated heterocycles. The van der Waals surface area contributed by atoms with E-state index < -0.39 is 5.97 Å². The minimum absolute atomic E-state index is 0.148. The fraction of sp³-hybridized carbons (Fsp3) is 0.227. The Kier molecular flexibility index (Phi) is 5.26. The zero-order chi connectivity index (χ0) is 19.5. The Morgan fingerprint density at radius 1 is 1.14 bits per heavy atom. The van der Waals surface area contributed by atoms with Gasteiger partial charge in [0.2, 0.25) is 5.95 Å². The highest BCUT2D eigenvalue weighted by Crippen LogP contribution is 2.35. The Bertz CT molecular complexity index is 977. The van der Waals surface area contributed by atoms with Gasteiger partial charge in [-0.1, -0.05) is 54.1 Å². The van der Waals surface area contributed by atoms with Crippen molar-refractivity contribution in [3.63, 3.8) is 0 Å². The Balaban J connectivity index is 1.68. The van der Waals surface area contributed by atoms with E-state index in [1.165, 1.54) is 6.20 Å². The number of hydrogen-bond acceptors (Lipinski definition) is 4. The van der Waals surface area contributed by atoms with Crippen LogP contribution in [0.4, 0.5) is 5.95 Å². The maximum atomic E-state index is 11.7. The molecular weight excluding hydrogens is 374 g/mol. The molecule has 0 bridgehead atoms. The van der Waals surface area contributed by atoms with Gasteiger partial charge in [0.05, 0.1) is 17.3 Å². The number of hydrogen-bond donors (Lipinski definition) is 1. The normalized spacial score (nSPS) is 16.3. The van der Waals surface area contributed by atoms with Gasteiger partial charge in [-0.2, -0.15) is 0 Å². The Labute approximate surface area is 168 Å². The topological polar surface area (TPSA) is 66.3 Å². The minimum Gasteiger partial charge on any atom is -0.478 e. The summed E-state index contributed by atoms with van der Waals surface area (Å²) in [6.07, 6.45) is 3.92. The van der Waals surface area contributed by atoms with Crippen LogP contribution < -0.4 is 4.90 Å². The van der Waals surface area contributed by atoms with Gasteiger partial charge >= 0.3 is 5.97 Å². The summed E-state index contributed by atoms with van der Waals surface area (Å²) in [4.78, 5) is 22.9. The minimum atomic E-state index is -1.01. The first-order valence-corrected chi connectivity index (χ1v) is 9.65. The van der Waals surface area contributed by atoms with Crippen LogP contribution in [0.25, 0.3) is 0 Å². The fourth-order valence-corrected chi connectivity index (χ4v) is 3.81. The standard InChI is InChI=1S/C22H20ClN3O2/c23-17-10-8-16(9-11-17)20-7-4-12-26(20)22-24-14-18(21(27)28)19(25-22)13-15-5-2-1-3-6-15/h1-3,5-6,8-11,14,20H,4,7,12-13H2,(H,27,28)/t20-/m0/s1. The predicted molar refractivity (Wildman–Crippen MR) is 109 cm³/mol. The quantitative estimate of drug-likeness (QED) is 0.676. The van der Waals surface area contributed by atoms with E-state index in [4.69, 9.17) is 11.6 Å². The smallest absolute Gasteiger partial charge is 0.339 e. The summed E-state index contributed by atoms with van der Waals surface area (Å²) in [5, 5.41) is 10.3. The largest absolute Gasteiger partial charge is 0.478 e. The predicted octanol–water partition coefficient (Wildman–Crippen LogP) is 4.76. The van der Waals surface area contributed by atoms with Crippen molar-refractivity contribution >= 4 is 23.5 Å². The average Bonchev–Trinajstić information content (AvgIpc) is 3.19. The highest BCUT2D eigenvalue weighted by atomic mass is 35.5. The van der Waals surface area contributed by atoms with E-state index in [0.717, 1.165) is 30.5 Å². The average molecular weight is 394 g/mol. The molecule has 4 rings (SSSR count). The van der Waals surface area contributed by atoms with Crippen LogP contribution in [0.3, 0.4) is 0 Å². The first-order chi connectivity index (χ1) is 13.6. The molecule has 0 saturated carbocycles. The maximum absolute atomic E-state index is 11.7. The highest BCUT2D eigenvalue weighted by molar-refractivity contribution is 6.30. The lowest BCUT2D eigenvalue weighted by molar-refractivity contribution is 0.0695. The lowest BCUT2D eigenvalue weighted by atomic mass is 10.0. The molecular formula is C22H20ClN3O2. The van der Waals surface area contributed by atoms with E-state index in [1.54, 1.807) is 0 Å². The molecule has 3 aromatic rings. The number of nitrogens with zero attached hydrogens (tertiary/aromatic N) is 3. The Morgan fingerprint density at radius 2 is 1.89 bits per heavy atom. The summed E-state index contributed by atoms with van der Waals surface area (Å²) in [7, 11) is 0. The summed E-state index contributed by atoms with van der Waals surface area (Å²) in [6, 6.07) is 17.8. The number of aromatic nitrogens is 2. The molecule has 2 aromatic carbocycles. The van der Waals surface area contributed by atoms with Crippen LogP contribution in [0.15, 0.2) is 60.8 Å². The summed E-state index contributed by atoms with van der Waals surface area (Å²) in [5.41, 5.74) is 2.86. The number of halogens is 1. The third-order valence-corrected chi connectivity index (χ3v) is 5.32. The lowest BCUT2D eigenvalue weighted by Crippen LogP contribution is -2.25. The van der Waals surface area contributed by atoms with Gasteiger partial charge in [0, 0.05) is 24.2 Å². The Morgan fingerprint density at radius 3 is 2.61 bits per heavy atom. The molecule has 0 spiro atoms. The van der Waals surface area contributed by atoms with Crippen LogP contribution in [0.5, 0.6) is 0 Å². The molecule has 142 valence electrons. The molecule has 1 fully saturated rings. The van der Waals surface area contributed by atoms with Crippen molar-refractivity contribution in [2.45, 2.75) is 25.3 Å². The second-order valence-electron chi connectivity index (χ2n) is 6.90. The monoisotopic (exact) mass is 393 g/mol.